The molecule has 4 nitrogen and oxygen atoms in total. The van der Waals surface area contributed by atoms with Crippen LogP contribution in [-0.2, 0) is 0 Å². The fourth-order valence-corrected chi connectivity index (χ4v) is 2.13. The van der Waals surface area contributed by atoms with Gasteiger partial charge in [-0.15, -0.1) is 0 Å². The minimum absolute atomic E-state index is 0. The Morgan fingerprint density at radius 1 is 0.792 bits per heavy atom. The summed E-state index contributed by atoms with van der Waals surface area (Å²) < 4.78 is 10.8. The first-order valence-corrected chi connectivity index (χ1v) is 7.65. The van der Waals surface area contributed by atoms with E-state index in [-0.39, 0.29) is 40.6 Å². The summed E-state index contributed by atoms with van der Waals surface area (Å²) in [4.78, 5) is 0. The van der Waals surface area contributed by atoms with Crippen LogP contribution in [0.1, 0.15) is 16.7 Å². The van der Waals surface area contributed by atoms with Gasteiger partial charge in [-0.2, -0.15) is 0 Å². The Bertz CT molecular complexity index is 564. The maximum Gasteiger partial charge on any atom is 1.00 e. The number of benzene rings is 2. The summed E-state index contributed by atoms with van der Waals surface area (Å²) >= 11 is 5.30. The molecule has 120 valence electrons. The zero-order valence-electron chi connectivity index (χ0n) is 16.8. The van der Waals surface area contributed by atoms with E-state index in [0.29, 0.717) is 18.3 Å². The molecule has 2 aromatic carbocycles. The molecular weight excluding hydrogens is 310 g/mol. The maximum atomic E-state index is 5.40. The molecule has 0 bridgehead atoms. The molecule has 24 heavy (non-hydrogen) atoms. The number of ether oxygens (including phenoxy) is 2. The van der Waals surface area contributed by atoms with Crippen molar-refractivity contribution in [2.75, 3.05) is 23.8 Å². The van der Waals surface area contributed by atoms with E-state index < -0.39 is 0 Å². The molecule has 0 unspecified atom stereocenters. The van der Waals surface area contributed by atoms with Crippen molar-refractivity contribution in [3.05, 3.63) is 48.5 Å². The van der Waals surface area contributed by atoms with Gasteiger partial charge in [-0.3, -0.25) is 0 Å². The Labute approximate surface area is 176 Å². The molecule has 0 saturated carbocycles. The molecule has 0 heterocycles. The molecule has 0 radical (unpaired) electrons. The largest absolute Gasteiger partial charge is 1.00 e. The van der Waals surface area contributed by atoms with Gasteiger partial charge in [0.15, 0.2) is 5.11 Å². The minimum atomic E-state index is 0. The molecule has 2 rings (SSSR count). The normalized spacial score (nSPS) is 9.08. The summed E-state index contributed by atoms with van der Waals surface area (Å²) in [5.74, 6) is 1.69. The third-order valence-corrected chi connectivity index (χ3v) is 3.05. The molecule has 0 aromatic heterocycles. The standard InChI is InChI=1S/C17H20N2O2S.2Li.2H/c1-3-20-15-9-5-13(6-10-15)18-17(22)19-14-7-11-16(12-8-14)21-4-2;;;;/h5-12H,3-4H2,1-2H3,(H2,18,19,22);;;;/q;2*+1;2*-1. The number of nitrogens with one attached hydrogen (secondary N) is 2. The summed E-state index contributed by atoms with van der Waals surface area (Å²) in [5.41, 5.74) is 1.82. The van der Waals surface area contributed by atoms with Crippen molar-refractivity contribution in [1.82, 2.24) is 0 Å². The van der Waals surface area contributed by atoms with E-state index in [1.54, 1.807) is 0 Å². The van der Waals surface area contributed by atoms with Gasteiger partial charge >= 0.3 is 37.7 Å². The molecule has 0 aliphatic heterocycles. The summed E-state index contributed by atoms with van der Waals surface area (Å²) in [7, 11) is 0. The van der Waals surface area contributed by atoms with Gasteiger partial charge in [0.25, 0.3) is 0 Å². The second-order valence-electron chi connectivity index (χ2n) is 4.49. The molecule has 7 heteroatoms. The fraction of sp³-hybridized carbons (Fsp3) is 0.235. The topological polar surface area (TPSA) is 42.5 Å². The van der Waals surface area contributed by atoms with Gasteiger partial charge in [0, 0.05) is 11.4 Å². The van der Waals surface area contributed by atoms with Crippen molar-refractivity contribution >= 4 is 28.7 Å². The Morgan fingerprint density at radius 2 is 1.12 bits per heavy atom. The van der Waals surface area contributed by atoms with E-state index in [9.17, 15) is 0 Å². The van der Waals surface area contributed by atoms with Crippen LogP contribution in [0.25, 0.3) is 0 Å². The van der Waals surface area contributed by atoms with E-state index >= 15 is 0 Å². The van der Waals surface area contributed by atoms with Crippen LogP contribution in [0.15, 0.2) is 48.5 Å². The number of anilines is 2. The van der Waals surface area contributed by atoms with Crippen molar-refractivity contribution in [3.8, 4) is 11.5 Å². The molecule has 0 aliphatic carbocycles. The predicted octanol–water partition coefficient (Wildman–Crippen LogP) is -1.47. The van der Waals surface area contributed by atoms with Gasteiger partial charge < -0.3 is 23.0 Å². The Hall–Kier alpha value is -1.08. The van der Waals surface area contributed by atoms with Crippen LogP contribution in [0.4, 0.5) is 11.4 Å². The summed E-state index contributed by atoms with van der Waals surface area (Å²) in [6.45, 7) is 5.24. The molecule has 0 atom stereocenters. The van der Waals surface area contributed by atoms with Crippen LogP contribution >= 0.6 is 12.2 Å². The second-order valence-corrected chi connectivity index (χ2v) is 4.90. The molecule has 0 saturated heterocycles. The summed E-state index contributed by atoms with van der Waals surface area (Å²) in [6.07, 6.45) is 0. The van der Waals surface area contributed by atoms with Gasteiger partial charge in [0.2, 0.25) is 0 Å². The van der Waals surface area contributed by atoms with Crippen molar-refractivity contribution in [2.45, 2.75) is 13.8 Å². The first-order chi connectivity index (χ1) is 10.7. The average Bonchev–Trinajstić information content (AvgIpc) is 2.52. The molecular formula is C17H22Li2N2O2S. The van der Waals surface area contributed by atoms with E-state index in [1.807, 2.05) is 62.4 Å². The van der Waals surface area contributed by atoms with Crippen molar-refractivity contribution in [2.24, 2.45) is 0 Å². The van der Waals surface area contributed by atoms with Crippen molar-refractivity contribution in [1.29, 1.82) is 0 Å². The van der Waals surface area contributed by atoms with Crippen LogP contribution < -0.4 is 57.8 Å². The zero-order chi connectivity index (χ0) is 15.8. The molecule has 2 N–H and O–H groups in total. The maximum absolute atomic E-state index is 5.40. The van der Waals surface area contributed by atoms with Gasteiger partial charge in [0.1, 0.15) is 11.5 Å². The Balaban J connectivity index is -0.00000132. The number of rotatable bonds is 6. The van der Waals surface area contributed by atoms with Crippen molar-refractivity contribution < 1.29 is 50.0 Å². The summed E-state index contributed by atoms with van der Waals surface area (Å²) in [5, 5.41) is 6.80. The van der Waals surface area contributed by atoms with Crippen LogP contribution in [-0.4, -0.2) is 18.3 Å². The first kappa shape index (κ1) is 22.9. The third-order valence-electron chi connectivity index (χ3n) is 2.85. The molecule has 0 aliphatic rings. The van der Waals surface area contributed by atoms with E-state index in [1.165, 1.54) is 0 Å². The SMILES string of the molecule is CCOc1ccc(NC(=S)Nc2ccc(OCC)cc2)cc1.[H-].[H-].[Li+].[Li+]. The third kappa shape index (κ3) is 7.66. The van der Waals surface area contributed by atoms with E-state index in [2.05, 4.69) is 10.6 Å². The number of thiocarbonyl (C=S) groups is 1. The summed E-state index contributed by atoms with van der Waals surface area (Å²) in [6, 6.07) is 15.3. The van der Waals surface area contributed by atoms with Crippen LogP contribution in [0.3, 0.4) is 0 Å². The Kier molecular flexibility index (Phi) is 11.8. The van der Waals surface area contributed by atoms with Crippen molar-refractivity contribution in [3.63, 3.8) is 0 Å². The quantitative estimate of drug-likeness (QED) is 0.499. The first-order valence-electron chi connectivity index (χ1n) is 7.25. The fourth-order valence-electron chi connectivity index (χ4n) is 1.90. The zero-order valence-corrected chi connectivity index (χ0v) is 15.6. The van der Waals surface area contributed by atoms with Gasteiger partial charge in [0.05, 0.1) is 13.2 Å². The van der Waals surface area contributed by atoms with E-state index in [0.717, 1.165) is 22.9 Å². The Morgan fingerprint density at radius 3 is 1.42 bits per heavy atom. The number of hydrogen-bond acceptors (Lipinski definition) is 3. The van der Waals surface area contributed by atoms with Crippen LogP contribution in [0.5, 0.6) is 11.5 Å². The second kappa shape index (κ2) is 12.3. The van der Waals surface area contributed by atoms with E-state index in [4.69, 9.17) is 21.7 Å². The van der Waals surface area contributed by atoms with Crippen LogP contribution in [0, 0.1) is 0 Å². The predicted molar refractivity (Wildman–Crippen MR) is 97.3 cm³/mol. The monoisotopic (exact) mass is 332 g/mol. The smallest absolute Gasteiger partial charge is 1.00 e. The van der Waals surface area contributed by atoms with Crippen LogP contribution in [0.2, 0.25) is 0 Å². The van der Waals surface area contributed by atoms with Gasteiger partial charge in [-0.25, -0.2) is 0 Å². The minimum Gasteiger partial charge on any atom is -1.00 e. The van der Waals surface area contributed by atoms with Gasteiger partial charge in [-0.05, 0) is 74.6 Å². The average molecular weight is 332 g/mol. The molecule has 2 aromatic rings. The van der Waals surface area contributed by atoms with Gasteiger partial charge in [-0.1, -0.05) is 0 Å². The molecule has 0 fully saturated rings. The molecule has 0 spiro atoms. The number of hydrogen-bond donors (Lipinski definition) is 2. The molecule has 0 amide bonds.